The van der Waals surface area contributed by atoms with Crippen LogP contribution < -0.4 is 32.3 Å². The topological polar surface area (TPSA) is 214 Å². The molecule has 2 aromatic rings. The molecule has 1 saturated heterocycles. The molecule has 0 aliphatic carbocycles. The molecular weight excluding hydrogens is 694 g/mol. The van der Waals surface area contributed by atoms with E-state index >= 15 is 0 Å². The summed E-state index contributed by atoms with van der Waals surface area (Å²) in [5, 5.41) is 14.1. The summed E-state index contributed by atoms with van der Waals surface area (Å²) in [5.74, 6) is -2.16. The maximum Gasteiger partial charge on any atom is 0.243 e. The normalized spacial score (nSPS) is 16.0. The van der Waals surface area contributed by atoms with E-state index in [-0.39, 0.29) is 50.8 Å². The Kier molecular flexibility index (Phi) is 17.4. The molecule has 15 heteroatoms. The maximum atomic E-state index is 14.1. The summed E-state index contributed by atoms with van der Waals surface area (Å²) >= 11 is 0. The molecule has 7 N–H and O–H groups in total. The van der Waals surface area contributed by atoms with Crippen LogP contribution in [-0.4, -0.2) is 97.4 Å². The largest absolute Gasteiger partial charge is 0.469 e. The van der Waals surface area contributed by atoms with E-state index < -0.39 is 53.2 Å². The van der Waals surface area contributed by atoms with Gasteiger partial charge in [-0.25, -0.2) is 0 Å². The lowest BCUT2D eigenvalue weighted by Gasteiger charge is -2.30. The van der Waals surface area contributed by atoms with Crippen LogP contribution in [0.25, 0.3) is 0 Å². The summed E-state index contributed by atoms with van der Waals surface area (Å²) < 4.78 is 10.9. The second-order valence-corrected chi connectivity index (χ2v) is 14.5. The van der Waals surface area contributed by atoms with Crippen LogP contribution >= 0.6 is 0 Å². The second-order valence-electron chi connectivity index (χ2n) is 14.5. The zero-order valence-corrected chi connectivity index (χ0v) is 32.1. The number of benzene rings is 1. The molecule has 1 aromatic carbocycles. The van der Waals surface area contributed by atoms with Crippen molar-refractivity contribution >= 4 is 35.4 Å². The van der Waals surface area contributed by atoms with Gasteiger partial charge in [-0.2, -0.15) is 0 Å². The molecule has 1 aliphatic rings. The highest BCUT2D eigenvalue weighted by molar-refractivity contribution is 5.95. The first-order valence-corrected chi connectivity index (χ1v) is 18.4. The zero-order valence-electron chi connectivity index (χ0n) is 32.1. The van der Waals surface area contributed by atoms with Gasteiger partial charge in [-0.15, -0.1) is 0 Å². The summed E-state index contributed by atoms with van der Waals surface area (Å²) in [6.07, 6.45) is 5.97. The molecule has 1 fully saturated rings. The summed E-state index contributed by atoms with van der Waals surface area (Å²) in [6.45, 7) is 10.7. The quantitative estimate of drug-likeness (QED) is 0.0848. The van der Waals surface area contributed by atoms with Gasteiger partial charge < -0.3 is 46.4 Å². The summed E-state index contributed by atoms with van der Waals surface area (Å²) in [4.78, 5) is 80.8. The van der Waals surface area contributed by atoms with Crippen molar-refractivity contribution in [2.75, 3.05) is 32.8 Å². The first-order valence-electron chi connectivity index (χ1n) is 18.4. The Morgan fingerprint density at radius 1 is 0.926 bits per heavy atom. The predicted octanol–water partition coefficient (Wildman–Crippen LogP) is 1.25. The number of carbonyl (C=O) groups is 6. The van der Waals surface area contributed by atoms with Crippen LogP contribution in [0.4, 0.5) is 0 Å². The monoisotopic (exact) mass is 751 g/mol. The van der Waals surface area contributed by atoms with E-state index in [1.165, 1.54) is 24.2 Å². The van der Waals surface area contributed by atoms with E-state index in [1.807, 2.05) is 39.0 Å². The number of allylic oxidation sites excluding steroid dienone is 1. The second kappa shape index (κ2) is 21.6. The van der Waals surface area contributed by atoms with Crippen molar-refractivity contribution in [1.29, 1.82) is 0 Å². The number of likely N-dealkylation sites (tertiary alicyclic amines) is 1. The molecule has 0 radical (unpaired) electrons. The molecule has 0 bridgehead atoms. The van der Waals surface area contributed by atoms with Crippen LogP contribution in [0.2, 0.25) is 0 Å². The molecule has 15 nitrogen and oxygen atoms in total. The molecule has 3 rings (SSSR count). The van der Waals surface area contributed by atoms with E-state index in [4.69, 9.17) is 14.9 Å². The average Bonchev–Trinajstić information content (AvgIpc) is 3.83. The summed E-state index contributed by atoms with van der Waals surface area (Å²) in [6, 6.07) is 6.69. The fourth-order valence-corrected chi connectivity index (χ4v) is 6.16. The van der Waals surface area contributed by atoms with Gasteiger partial charge in [-0.1, -0.05) is 51.1 Å². The van der Waals surface area contributed by atoms with Crippen LogP contribution in [0, 0.1) is 5.41 Å². The highest BCUT2D eigenvalue weighted by Crippen LogP contribution is 2.22. The van der Waals surface area contributed by atoms with E-state index in [2.05, 4.69) is 26.6 Å². The van der Waals surface area contributed by atoms with Crippen molar-refractivity contribution in [1.82, 2.24) is 31.5 Å². The lowest BCUT2D eigenvalue weighted by molar-refractivity contribution is -0.138. The number of nitrogens with two attached hydrogens (primary N) is 1. The van der Waals surface area contributed by atoms with Crippen molar-refractivity contribution in [2.24, 2.45) is 11.1 Å². The minimum absolute atomic E-state index is 0.00397. The SMILES string of the molecule is C/C=C/C(=O)NCc1cccc(C[C@H](NC(=O)[C@@H](CC(C)(C)C)NC(=O)[C@H](Cc2ccco2)NC(=O)[C@H]2CCCN2C(C)=O)C(=O)NCCOCCN)c1. The van der Waals surface area contributed by atoms with Gasteiger partial charge in [0.25, 0.3) is 0 Å². The highest BCUT2D eigenvalue weighted by atomic mass is 16.5. The number of hydrogen-bond donors (Lipinski definition) is 6. The van der Waals surface area contributed by atoms with Crippen LogP contribution in [-0.2, 0) is 52.9 Å². The Morgan fingerprint density at radius 2 is 1.63 bits per heavy atom. The molecule has 296 valence electrons. The number of rotatable bonds is 20. The van der Waals surface area contributed by atoms with Gasteiger partial charge in [-0.3, -0.25) is 28.8 Å². The lowest BCUT2D eigenvalue weighted by atomic mass is 9.87. The Morgan fingerprint density at radius 3 is 2.30 bits per heavy atom. The lowest BCUT2D eigenvalue weighted by Crippen LogP contribution is -2.59. The molecular formula is C39H57N7O8. The van der Waals surface area contributed by atoms with Gasteiger partial charge in [0.2, 0.25) is 35.4 Å². The van der Waals surface area contributed by atoms with Crippen LogP contribution in [0.3, 0.4) is 0 Å². The van der Waals surface area contributed by atoms with Gasteiger partial charge >= 0.3 is 0 Å². The number of hydrogen-bond acceptors (Lipinski definition) is 9. The first-order chi connectivity index (χ1) is 25.7. The molecule has 4 atom stereocenters. The van der Waals surface area contributed by atoms with Crippen molar-refractivity contribution in [3.63, 3.8) is 0 Å². The van der Waals surface area contributed by atoms with Crippen molar-refractivity contribution in [3.05, 3.63) is 71.7 Å². The Balaban J connectivity index is 1.84. The Bertz CT molecular complexity index is 1590. The predicted molar refractivity (Wildman–Crippen MR) is 202 cm³/mol. The Labute approximate surface area is 317 Å². The fraction of sp³-hybridized carbons (Fsp3) is 0.538. The van der Waals surface area contributed by atoms with E-state index in [0.717, 1.165) is 11.1 Å². The van der Waals surface area contributed by atoms with Gasteiger partial charge in [-0.05, 0) is 60.9 Å². The molecule has 6 amide bonds. The number of ether oxygens (including phenoxy) is 1. The smallest absolute Gasteiger partial charge is 0.243 e. The molecule has 0 unspecified atom stereocenters. The third-order valence-electron chi connectivity index (χ3n) is 8.68. The van der Waals surface area contributed by atoms with Gasteiger partial charge in [0.1, 0.15) is 29.9 Å². The molecule has 1 aliphatic heterocycles. The number of nitrogens with one attached hydrogen (secondary N) is 5. The summed E-state index contributed by atoms with van der Waals surface area (Å²) in [7, 11) is 0. The van der Waals surface area contributed by atoms with Crippen LogP contribution in [0.1, 0.15) is 70.8 Å². The summed E-state index contributed by atoms with van der Waals surface area (Å²) in [5.41, 5.74) is 6.59. The van der Waals surface area contributed by atoms with Gasteiger partial charge in [0.15, 0.2) is 0 Å². The van der Waals surface area contributed by atoms with E-state index in [1.54, 1.807) is 31.2 Å². The molecule has 2 heterocycles. The molecule has 54 heavy (non-hydrogen) atoms. The fourth-order valence-electron chi connectivity index (χ4n) is 6.16. The molecule has 0 saturated carbocycles. The van der Waals surface area contributed by atoms with E-state index in [0.29, 0.717) is 38.3 Å². The first kappa shape index (κ1) is 43.4. The number of furan rings is 1. The van der Waals surface area contributed by atoms with Crippen molar-refractivity contribution in [2.45, 2.75) is 97.4 Å². The van der Waals surface area contributed by atoms with Crippen LogP contribution in [0.5, 0.6) is 0 Å². The number of carbonyl (C=O) groups excluding carboxylic acids is 6. The molecule has 1 aromatic heterocycles. The van der Waals surface area contributed by atoms with Crippen molar-refractivity contribution < 1.29 is 37.9 Å². The third kappa shape index (κ3) is 14.8. The minimum Gasteiger partial charge on any atom is -0.469 e. The number of amides is 6. The van der Waals surface area contributed by atoms with E-state index in [9.17, 15) is 28.8 Å². The maximum absolute atomic E-state index is 14.1. The average molecular weight is 752 g/mol. The third-order valence-corrected chi connectivity index (χ3v) is 8.68. The molecule has 0 spiro atoms. The zero-order chi connectivity index (χ0) is 39.7. The minimum atomic E-state index is -1.13. The van der Waals surface area contributed by atoms with Gasteiger partial charge in [0.05, 0.1) is 19.5 Å². The van der Waals surface area contributed by atoms with Crippen molar-refractivity contribution in [3.8, 4) is 0 Å². The number of nitrogens with zero attached hydrogens (tertiary/aromatic N) is 1. The van der Waals surface area contributed by atoms with Gasteiger partial charge in [0, 0.05) is 45.9 Å². The highest BCUT2D eigenvalue weighted by Gasteiger charge is 2.37. The standard InChI is InChI=1S/C39H57N7O8/c1-6-10-34(48)42-25-28-12-7-11-27(21-28)22-30(35(49)41-16-20-53-19-15-40)43-37(51)32(24-39(3,4)5)45-36(50)31(23-29-13-9-18-54-29)44-38(52)33-14-8-17-46(33)26(2)47/h6-7,9-13,18,21,30-33H,8,14-17,19-20,22-25,40H2,1-5H3,(H,41,49)(H,42,48)(H,43,51)(H,44,52)(H,45,50)/b10-6+/t30-,31-,32+,33+/m0/s1. The Hall–Kier alpha value is -5.02. The van der Waals surface area contributed by atoms with Crippen LogP contribution in [0.15, 0.2) is 59.2 Å².